The minimum absolute atomic E-state index is 0.391. The van der Waals surface area contributed by atoms with Crippen molar-refractivity contribution < 1.29 is 14.6 Å². The van der Waals surface area contributed by atoms with Crippen LogP contribution in [0.15, 0.2) is 42.9 Å². The minimum Gasteiger partial charge on any atom is -0.493 e. The van der Waals surface area contributed by atoms with Crippen molar-refractivity contribution in [3.05, 3.63) is 54.1 Å². The van der Waals surface area contributed by atoms with Gasteiger partial charge in [0.1, 0.15) is 11.8 Å². The molecule has 0 radical (unpaired) electrons. The number of hydrogen-bond acceptors (Lipinski definition) is 5. The topological polar surface area (TPSA) is 75.6 Å². The van der Waals surface area contributed by atoms with Gasteiger partial charge in [0.05, 0.1) is 12.3 Å². The van der Waals surface area contributed by atoms with Gasteiger partial charge in [0.25, 0.3) is 0 Å². The summed E-state index contributed by atoms with van der Waals surface area (Å²) < 4.78 is 5.70. The average molecular weight is 329 g/mol. The van der Waals surface area contributed by atoms with Crippen LogP contribution >= 0.6 is 0 Å². The molecule has 2 rings (SSSR count). The van der Waals surface area contributed by atoms with E-state index in [1.165, 1.54) is 0 Å². The van der Waals surface area contributed by atoms with Crippen LogP contribution in [0.5, 0.6) is 5.75 Å². The number of aliphatic carboxylic acids is 1. The molecule has 0 saturated heterocycles. The standard InChI is InChI=1S/C18H23N3O3/c1-13(2)12-24-16-6-4-5-14(9-16)17(18(22)23)21(3)11-15-10-19-7-8-20-15/h4-10,13,17H,11-12H2,1-3H3,(H,22,23)/t17-/m0/s1. The summed E-state index contributed by atoms with van der Waals surface area (Å²) in [5, 5.41) is 9.67. The Labute approximate surface area is 142 Å². The number of carboxylic acid groups (broad SMARTS) is 1. The van der Waals surface area contributed by atoms with Crippen molar-refractivity contribution in [1.29, 1.82) is 0 Å². The Bertz CT molecular complexity index is 662. The lowest BCUT2D eigenvalue weighted by atomic mass is 10.1. The second kappa shape index (κ2) is 8.40. The zero-order chi connectivity index (χ0) is 17.5. The molecule has 24 heavy (non-hydrogen) atoms. The Morgan fingerprint density at radius 3 is 2.75 bits per heavy atom. The highest BCUT2D eigenvalue weighted by atomic mass is 16.5. The molecule has 1 N–H and O–H groups in total. The van der Waals surface area contributed by atoms with Gasteiger partial charge >= 0.3 is 5.97 Å². The molecule has 1 aromatic heterocycles. The first-order valence-corrected chi connectivity index (χ1v) is 7.88. The molecule has 0 fully saturated rings. The van der Waals surface area contributed by atoms with E-state index in [1.807, 2.05) is 12.1 Å². The molecule has 6 nitrogen and oxygen atoms in total. The molecule has 0 spiro atoms. The van der Waals surface area contributed by atoms with Crippen molar-refractivity contribution in [2.24, 2.45) is 5.92 Å². The Kier molecular flexibility index (Phi) is 6.26. The van der Waals surface area contributed by atoms with Crippen LogP contribution in [-0.2, 0) is 11.3 Å². The van der Waals surface area contributed by atoms with Crippen molar-refractivity contribution in [2.75, 3.05) is 13.7 Å². The van der Waals surface area contributed by atoms with Crippen LogP contribution in [0.4, 0.5) is 0 Å². The molecular weight excluding hydrogens is 306 g/mol. The van der Waals surface area contributed by atoms with Crippen LogP contribution in [0, 0.1) is 5.92 Å². The Hall–Kier alpha value is -2.47. The second-order valence-corrected chi connectivity index (χ2v) is 6.13. The summed E-state index contributed by atoms with van der Waals surface area (Å²) in [6, 6.07) is 6.46. The van der Waals surface area contributed by atoms with Crippen LogP contribution in [0.25, 0.3) is 0 Å². The lowest BCUT2D eigenvalue weighted by Gasteiger charge is -2.25. The number of carboxylic acids is 1. The van der Waals surface area contributed by atoms with Gasteiger partial charge in [-0.05, 0) is 30.7 Å². The SMILES string of the molecule is CC(C)COc1cccc([C@@H](C(=O)O)N(C)Cc2cnccn2)c1. The van der Waals surface area contributed by atoms with Crippen LogP contribution in [0.2, 0.25) is 0 Å². The number of aromatic nitrogens is 2. The Balaban J connectivity index is 2.17. The van der Waals surface area contributed by atoms with Gasteiger partial charge in [0, 0.05) is 25.1 Å². The van der Waals surface area contributed by atoms with E-state index in [-0.39, 0.29) is 0 Å². The Morgan fingerprint density at radius 2 is 2.12 bits per heavy atom. The molecule has 0 unspecified atom stereocenters. The quantitative estimate of drug-likeness (QED) is 0.802. The molecule has 2 aromatic rings. The van der Waals surface area contributed by atoms with Crippen molar-refractivity contribution in [3.63, 3.8) is 0 Å². The number of rotatable bonds is 8. The highest BCUT2D eigenvalue weighted by Gasteiger charge is 2.25. The number of carbonyl (C=O) groups is 1. The summed E-state index contributed by atoms with van der Waals surface area (Å²) in [6.07, 6.45) is 4.82. The van der Waals surface area contributed by atoms with E-state index in [0.717, 1.165) is 5.69 Å². The van der Waals surface area contributed by atoms with E-state index in [9.17, 15) is 9.90 Å². The fourth-order valence-electron chi connectivity index (χ4n) is 2.38. The first-order chi connectivity index (χ1) is 11.5. The molecule has 0 aliphatic carbocycles. The molecule has 0 bridgehead atoms. The fraction of sp³-hybridized carbons (Fsp3) is 0.389. The lowest BCUT2D eigenvalue weighted by molar-refractivity contribution is -0.143. The summed E-state index contributed by atoms with van der Waals surface area (Å²) in [5.41, 5.74) is 1.40. The van der Waals surface area contributed by atoms with Gasteiger partial charge in [-0.25, -0.2) is 0 Å². The van der Waals surface area contributed by atoms with E-state index in [0.29, 0.717) is 30.4 Å². The minimum atomic E-state index is -0.914. The van der Waals surface area contributed by atoms with Crippen LogP contribution in [-0.4, -0.2) is 39.6 Å². The van der Waals surface area contributed by atoms with Crippen molar-refractivity contribution in [2.45, 2.75) is 26.4 Å². The molecule has 0 aliphatic heterocycles. The number of nitrogens with zero attached hydrogens (tertiary/aromatic N) is 3. The van der Waals surface area contributed by atoms with Gasteiger partial charge in [-0.2, -0.15) is 0 Å². The van der Waals surface area contributed by atoms with Crippen LogP contribution in [0.1, 0.15) is 31.1 Å². The predicted octanol–water partition coefficient (Wildman–Crippen LogP) is 2.77. The number of benzene rings is 1. The van der Waals surface area contributed by atoms with Gasteiger partial charge in [-0.15, -0.1) is 0 Å². The fourth-order valence-corrected chi connectivity index (χ4v) is 2.38. The van der Waals surface area contributed by atoms with E-state index in [4.69, 9.17) is 4.74 Å². The van der Waals surface area contributed by atoms with Crippen LogP contribution < -0.4 is 4.74 Å². The maximum absolute atomic E-state index is 11.8. The van der Waals surface area contributed by atoms with Gasteiger partial charge in [0.15, 0.2) is 0 Å². The third-order valence-corrected chi connectivity index (χ3v) is 3.46. The number of likely N-dealkylation sites (N-methyl/N-ethyl adjacent to an activating group) is 1. The van der Waals surface area contributed by atoms with Crippen LogP contribution in [0.3, 0.4) is 0 Å². The first kappa shape index (κ1) is 17.9. The first-order valence-electron chi connectivity index (χ1n) is 7.88. The van der Waals surface area contributed by atoms with E-state index in [1.54, 1.807) is 42.7 Å². The summed E-state index contributed by atoms with van der Waals surface area (Å²) in [4.78, 5) is 21.7. The van der Waals surface area contributed by atoms with E-state index < -0.39 is 12.0 Å². The predicted molar refractivity (Wildman–Crippen MR) is 90.7 cm³/mol. The van der Waals surface area contributed by atoms with E-state index >= 15 is 0 Å². The normalized spacial score (nSPS) is 12.4. The summed E-state index contributed by atoms with van der Waals surface area (Å²) >= 11 is 0. The van der Waals surface area contributed by atoms with Crippen molar-refractivity contribution in [1.82, 2.24) is 14.9 Å². The van der Waals surface area contributed by atoms with Gasteiger partial charge in [0.2, 0.25) is 0 Å². The lowest BCUT2D eigenvalue weighted by Crippen LogP contribution is -2.30. The summed E-state index contributed by atoms with van der Waals surface area (Å²) in [5.74, 6) is 0.172. The van der Waals surface area contributed by atoms with Crippen molar-refractivity contribution in [3.8, 4) is 5.75 Å². The molecule has 0 saturated carbocycles. The maximum Gasteiger partial charge on any atom is 0.325 e. The third-order valence-electron chi connectivity index (χ3n) is 3.46. The van der Waals surface area contributed by atoms with Crippen molar-refractivity contribution >= 4 is 5.97 Å². The number of hydrogen-bond donors (Lipinski definition) is 1. The molecule has 128 valence electrons. The monoisotopic (exact) mass is 329 g/mol. The van der Waals surface area contributed by atoms with Gasteiger partial charge in [-0.3, -0.25) is 19.7 Å². The molecule has 0 aliphatic rings. The molecular formula is C18H23N3O3. The highest BCUT2D eigenvalue weighted by molar-refractivity contribution is 5.75. The zero-order valence-electron chi connectivity index (χ0n) is 14.2. The maximum atomic E-state index is 11.8. The summed E-state index contributed by atoms with van der Waals surface area (Å²) in [6.45, 7) is 5.12. The second-order valence-electron chi connectivity index (χ2n) is 6.13. The molecule has 0 amide bonds. The average Bonchev–Trinajstić information content (AvgIpc) is 2.54. The molecule has 6 heteroatoms. The highest BCUT2D eigenvalue weighted by Crippen LogP contribution is 2.25. The smallest absolute Gasteiger partial charge is 0.325 e. The molecule has 1 heterocycles. The van der Waals surface area contributed by atoms with E-state index in [2.05, 4.69) is 23.8 Å². The third kappa shape index (κ3) is 5.03. The van der Waals surface area contributed by atoms with Gasteiger partial charge in [-0.1, -0.05) is 26.0 Å². The number of ether oxygens (including phenoxy) is 1. The molecule has 1 aromatic carbocycles. The summed E-state index contributed by atoms with van der Waals surface area (Å²) in [7, 11) is 1.76. The van der Waals surface area contributed by atoms with Gasteiger partial charge < -0.3 is 9.84 Å². The Morgan fingerprint density at radius 1 is 1.33 bits per heavy atom. The largest absolute Gasteiger partial charge is 0.493 e. The zero-order valence-corrected chi connectivity index (χ0v) is 14.2. The molecule has 1 atom stereocenters.